The van der Waals surface area contributed by atoms with Crippen LogP contribution >= 0.6 is 12.4 Å². The zero-order valence-electron chi connectivity index (χ0n) is 18.9. The van der Waals surface area contributed by atoms with Crippen molar-refractivity contribution in [3.05, 3.63) is 66.5 Å². The van der Waals surface area contributed by atoms with Crippen LogP contribution in [0, 0.1) is 6.92 Å². The maximum Gasteiger partial charge on any atom is 0.242 e. The lowest BCUT2D eigenvalue weighted by Gasteiger charge is -2.13. The van der Waals surface area contributed by atoms with Gasteiger partial charge in [0.15, 0.2) is 0 Å². The van der Waals surface area contributed by atoms with Gasteiger partial charge in [-0.05, 0) is 48.9 Å². The molecule has 2 aromatic heterocycles. The molecule has 2 heterocycles. The second-order valence-corrected chi connectivity index (χ2v) is 9.89. The average molecular weight is 506 g/mol. The highest BCUT2D eigenvalue weighted by Gasteiger charge is 2.21. The van der Waals surface area contributed by atoms with Gasteiger partial charge in [-0.1, -0.05) is 17.3 Å². The molecule has 2 aromatic carbocycles. The SMILES string of the molecule is Cc1c(-c2cccc(S(=O)(=O)N(C)C)c2)c2cc(-c3ncon3)ccc2n1C/C(F)=C/CN.Cl. The Kier molecular flexibility index (Phi) is 7.57. The minimum absolute atomic E-state index is 0. The van der Waals surface area contributed by atoms with Crippen molar-refractivity contribution >= 4 is 33.3 Å². The molecule has 2 N–H and O–H groups in total. The van der Waals surface area contributed by atoms with Gasteiger partial charge in [-0.25, -0.2) is 17.1 Å². The Labute approximate surface area is 203 Å². The van der Waals surface area contributed by atoms with E-state index < -0.39 is 10.0 Å². The molecule has 0 saturated carbocycles. The van der Waals surface area contributed by atoms with Crippen molar-refractivity contribution in [3.63, 3.8) is 0 Å². The maximum atomic E-state index is 14.5. The zero-order valence-corrected chi connectivity index (χ0v) is 20.5. The monoisotopic (exact) mass is 505 g/mol. The first-order chi connectivity index (χ1) is 15.7. The quantitative estimate of drug-likeness (QED) is 0.404. The van der Waals surface area contributed by atoms with Gasteiger partial charge in [0.2, 0.25) is 22.2 Å². The largest absolute Gasteiger partial charge is 0.342 e. The van der Waals surface area contributed by atoms with Crippen LogP contribution in [0.4, 0.5) is 4.39 Å². The van der Waals surface area contributed by atoms with Gasteiger partial charge in [-0.3, -0.25) is 0 Å². The van der Waals surface area contributed by atoms with E-state index in [9.17, 15) is 12.8 Å². The summed E-state index contributed by atoms with van der Waals surface area (Å²) in [5.41, 5.74) is 9.28. The summed E-state index contributed by atoms with van der Waals surface area (Å²) in [5.74, 6) is 0.0710. The first-order valence-corrected chi connectivity index (χ1v) is 11.6. The highest BCUT2D eigenvalue weighted by atomic mass is 35.5. The predicted octanol–water partition coefficient (Wildman–Crippen LogP) is 4.15. The summed E-state index contributed by atoms with van der Waals surface area (Å²) in [7, 11) is -0.648. The number of nitrogens with two attached hydrogens (primary N) is 1. The molecule has 0 atom stereocenters. The van der Waals surface area contributed by atoms with Crippen LogP contribution in [-0.2, 0) is 16.6 Å². The number of benzene rings is 2. The van der Waals surface area contributed by atoms with Crippen molar-refractivity contribution in [2.75, 3.05) is 20.6 Å². The Morgan fingerprint density at radius 2 is 1.97 bits per heavy atom. The molecule has 0 aliphatic carbocycles. The van der Waals surface area contributed by atoms with Crippen LogP contribution in [0.25, 0.3) is 33.4 Å². The van der Waals surface area contributed by atoms with Gasteiger partial charge < -0.3 is 14.8 Å². The minimum Gasteiger partial charge on any atom is -0.342 e. The number of nitrogens with zero attached hydrogens (tertiary/aromatic N) is 4. The normalized spacial score (nSPS) is 12.4. The molecular weight excluding hydrogens is 481 g/mol. The molecule has 0 unspecified atom stereocenters. The zero-order chi connectivity index (χ0) is 23.8. The Hall–Kier alpha value is -3.05. The van der Waals surface area contributed by atoms with E-state index in [1.54, 1.807) is 18.2 Å². The molecule has 8 nitrogen and oxygen atoms in total. The number of allylic oxidation sites excluding steroid dienone is 1. The summed E-state index contributed by atoms with van der Waals surface area (Å²) in [4.78, 5) is 4.29. The van der Waals surface area contributed by atoms with Gasteiger partial charge >= 0.3 is 0 Å². The molecule has 4 aromatic rings. The standard InChI is InChI=1S/C23H24FN5O3S.ClH/c1-15-22(16-5-4-6-19(11-16)33(30,31)28(2)3)20-12-17(23-26-14-32-27-23)7-8-21(20)29(15)13-18(24)9-10-25;/h4-9,11-12,14H,10,13,25H2,1-3H3;1H/b18-9-;. The third kappa shape index (κ3) is 4.62. The molecule has 11 heteroatoms. The maximum absolute atomic E-state index is 14.5. The number of hydrogen-bond acceptors (Lipinski definition) is 6. The molecule has 34 heavy (non-hydrogen) atoms. The third-order valence-electron chi connectivity index (χ3n) is 5.49. The number of halogens is 2. The van der Waals surface area contributed by atoms with Crippen molar-refractivity contribution in [2.24, 2.45) is 5.73 Å². The van der Waals surface area contributed by atoms with Gasteiger partial charge in [-0.2, -0.15) is 4.98 Å². The fourth-order valence-corrected chi connectivity index (χ4v) is 4.80. The summed E-state index contributed by atoms with van der Waals surface area (Å²) in [6.45, 7) is 1.99. The van der Waals surface area contributed by atoms with Crippen molar-refractivity contribution in [2.45, 2.75) is 18.4 Å². The third-order valence-corrected chi connectivity index (χ3v) is 7.30. The average Bonchev–Trinajstić information content (AvgIpc) is 3.41. The van der Waals surface area contributed by atoms with Crippen LogP contribution < -0.4 is 5.73 Å². The van der Waals surface area contributed by atoms with Crippen LogP contribution in [0.1, 0.15) is 5.69 Å². The van der Waals surface area contributed by atoms with Gasteiger partial charge in [0.25, 0.3) is 0 Å². The molecular formula is C23H25ClFN5O3S. The molecule has 180 valence electrons. The van der Waals surface area contributed by atoms with E-state index >= 15 is 0 Å². The highest BCUT2D eigenvalue weighted by Crippen LogP contribution is 2.38. The fraction of sp³-hybridized carbons (Fsp3) is 0.217. The number of hydrogen-bond donors (Lipinski definition) is 1. The molecule has 0 radical (unpaired) electrons. The van der Waals surface area contributed by atoms with E-state index in [4.69, 9.17) is 10.3 Å². The van der Waals surface area contributed by atoms with Crippen molar-refractivity contribution in [1.82, 2.24) is 19.0 Å². The Bertz CT molecular complexity index is 1450. The van der Waals surface area contributed by atoms with Crippen molar-refractivity contribution in [3.8, 4) is 22.5 Å². The second-order valence-electron chi connectivity index (χ2n) is 7.74. The highest BCUT2D eigenvalue weighted by molar-refractivity contribution is 7.89. The predicted molar refractivity (Wildman–Crippen MR) is 132 cm³/mol. The first-order valence-electron chi connectivity index (χ1n) is 10.2. The number of sulfonamides is 1. The molecule has 4 rings (SSSR count). The molecule has 0 amide bonds. The summed E-state index contributed by atoms with van der Waals surface area (Å²) < 4.78 is 47.8. The van der Waals surface area contributed by atoms with E-state index in [2.05, 4.69) is 10.1 Å². The Morgan fingerprint density at radius 3 is 2.62 bits per heavy atom. The summed E-state index contributed by atoms with van der Waals surface area (Å²) in [6.07, 6.45) is 2.59. The lowest BCUT2D eigenvalue weighted by Crippen LogP contribution is -2.22. The van der Waals surface area contributed by atoms with E-state index in [-0.39, 0.29) is 36.2 Å². The molecule has 0 saturated heterocycles. The smallest absolute Gasteiger partial charge is 0.242 e. The van der Waals surface area contributed by atoms with E-state index in [1.165, 1.54) is 30.9 Å². The van der Waals surface area contributed by atoms with Crippen LogP contribution in [0.5, 0.6) is 0 Å². The van der Waals surface area contributed by atoms with Gasteiger partial charge in [0, 0.05) is 48.4 Å². The Morgan fingerprint density at radius 1 is 1.21 bits per heavy atom. The van der Waals surface area contributed by atoms with Gasteiger partial charge in [-0.15, -0.1) is 12.4 Å². The lowest BCUT2D eigenvalue weighted by molar-refractivity contribution is 0.419. The fourth-order valence-electron chi connectivity index (χ4n) is 3.85. The molecule has 0 fully saturated rings. The topological polar surface area (TPSA) is 107 Å². The summed E-state index contributed by atoms with van der Waals surface area (Å²) >= 11 is 0. The number of rotatable bonds is 7. The van der Waals surface area contributed by atoms with Crippen LogP contribution in [0.15, 0.2) is 70.2 Å². The first kappa shape index (κ1) is 25.6. The number of aromatic nitrogens is 3. The summed E-state index contributed by atoms with van der Waals surface area (Å²) in [5, 5.41) is 4.72. The van der Waals surface area contributed by atoms with E-state index in [0.717, 1.165) is 27.7 Å². The van der Waals surface area contributed by atoms with E-state index in [0.29, 0.717) is 11.4 Å². The van der Waals surface area contributed by atoms with Crippen LogP contribution in [0.3, 0.4) is 0 Å². The minimum atomic E-state index is -3.63. The Balaban J connectivity index is 0.00000324. The number of fused-ring (bicyclic) bond motifs is 1. The molecule has 0 bridgehead atoms. The second kappa shape index (κ2) is 10.1. The molecule has 0 aliphatic heterocycles. The van der Waals surface area contributed by atoms with Gasteiger partial charge in [0.1, 0.15) is 5.83 Å². The lowest BCUT2D eigenvalue weighted by atomic mass is 10.0. The van der Waals surface area contributed by atoms with Gasteiger partial charge in [0.05, 0.1) is 11.4 Å². The van der Waals surface area contributed by atoms with Crippen molar-refractivity contribution in [1.29, 1.82) is 0 Å². The van der Waals surface area contributed by atoms with Crippen LogP contribution in [0.2, 0.25) is 0 Å². The van der Waals surface area contributed by atoms with Crippen molar-refractivity contribution < 1.29 is 17.3 Å². The van der Waals surface area contributed by atoms with Crippen LogP contribution in [-0.4, -0.2) is 48.1 Å². The van der Waals surface area contributed by atoms with E-state index in [1.807, 2.05) is 35.8 Å². The summed E-state index contributed by atoms with van der Waals surface area (Å²) in [6, 6.07) is 12.3. The molecule has 0 aliphatic rings. The molecule has 0 spiro atoms.